The minimum atomic E-state index is 0.704. The molecule has 0 saturated carbocycles. The summed E-state index contributed by atoms with van der Waals surface area (Å²) in [5.41, 5.74) is 3.18. The van der Waals surface area contributed by atoms with Gasteiger partial charge in [-0.25, -0.2) is 0 Å². The fraction of sp³-hybridized carbons (Fsp3) is 0.400. The predicted octanol–water partition coefficient (Wildman–Crippen LogP) is 4.62. The molecule has 94 valence electrons. The number of anilines is 1. The van der Waals surface area contributed by atoms with Crippen molar-refractivity contribution in [3.8, 4) is 6.07 Å². The Morgan fingerprint density at radius 1 is 1.33 bits per heavy atom. The Kier molecular flexibility index (Phi) is 4.83. The summed E-state index contributed by atoms with van der Waals surface area (Å²) >= 11 is 3.43. The molecule has 3 heteroatoms. The second-order valence-electron chi connectivity index (χ2n) is 4.59. The van der Waals surface area contributed by atoms with Gasteiger partial charge in [-0.2, -0.15) is 5.26 Å². The Morgan fingerprint density at radius 2 is 2.22 bits per heavy atom. The third kappa shape index (κ3) is 3.61. The van der Waals surface area contributed by atoms with Crippen molar-refractivity contribution in [3.05, 3.63) is 39.9 Å². The first-order chi connectivity index (χ1) is 8.79. The van der Waals surface area contributed by atoms with E-state index in [0.717, 1.165) is 23.1 Å². The molecule has 2 rings (SSSR count). The van der Waals surface area contributed by atoms with Crippen LogP contribution in [0.15, 0.2) is 34.3 Å². The highest BCUT2D eigenvalue weighted by Crippen LogP contribution is 2.23. The van der Waals surface area contributed by atoms with Crippen LogP contribution in [0.3, 0.4) is 0 Å². The Bertz CT molecular complexity index is 486. The number of nitrogens with one attached hydrogen (secondary N) is 1. The van der Waals surface area contributed by atoms with Crippen LogP contribution < -0.4 is 5.32 Å². The standard InChI is InChI=1S/C15H17BrN2/c16-14-7-6-13(11-17)15(10-14)18-9-8-12-4-2-1-3-5-12/h4,6-7,10,18H,1-3,5,8-9H2. The zero-order valence-electron chi connectivity index (χ0n) is 10.4. The molecule has 0 saturated heterocycles. The van der Waals surface area contributed by atoms with E-state index in [2.05, 4.69) is 33.4 Å². The topological polar surface area (TPSA) is 35.8 Å². The Balaban J connectivity index is 1.92. The lowest BCUT2D eigenvalue weighted by molar-refractivity contribution is 0.679. The second kappa shape index (κ2) is 6.61. The fourth-order valence-corrected chi connectivity index (χ4v) is 2.61. The largest absolute Gasteiger partial charge is 0.384 e. The van der Waals surface area contributed by atoms with Gasteiger partial charge in [0, 0.05) is 11.0 Å². The molecule has 1 aromatic carbocycles. The maximum absolute atomic E-state index is 9.04. The fourth-order valence-electron chi connectivity index (χ4n) is 2.25. The third-order valence-corrected chi connectivity index (χ3v) is 3.74. The Morgan fingerprint density at radius 3 is 2.94 bits per heavy atom. The van der Waals surface area contributed by atoms with E-state index in [4.69, 9.17) is 5.26 Å². The average Bonchev–Trinajstić information content (AvgIpc) is 2.40. The van der Waals surface area contributed by atoms with E-state index < -0.39 is 0 Å². The van der Waals surface area contributed by atoms with Crippen LogP contribution in [0.1, 0.15) is 37.7 Å². The minimum absolute atomic E-state index is 0.704. The molecule has 0 aromatic heterocycles. The summed E-state index contributed by atoms with van der Waals surface area (Å²) < 4.78 is 1.00. The van der Waals surface area contributed by atoms with Crippen molar-refractivity contribution in [2.75, 3.05) is 11.9 Å². The van der Waals surface area contributed by atoms with Gasteiger partial charge in [-0.05, 0) is 50.3 Å². The van der Waals surface area contributed by atoms with Crippen LogP contribution in [-0.4, -0.2) is 6.54 Å². The molecule has 0 fully saturated rings. The first kappa shape index (κ1) is 13.2. The van der Waals surface area contributed by atoms with Crippen molar-refractivity contribution in [2.45, 2.75) is 32.1 Å². The molecule has 0 spiro atoms. The first-order valence-electron chi connectivity index (χ1n) is 6.41. The van der Waals surface area contributed by atoms with Crippen LogP contribution in [0.2, 0.25) is 0 Å². The zero-order valence-corrected chi connectivity index (χ0v) is 12.0. The van der Waals surface area contributed by atoms with Gasteiger partial charge in [0.15, 0.2) is 0 Å². The molecule has 0 aliphatic heterocycles. The van der Waals surface area contributed by atoms with Crippen LogP contribution in [0.25, 0.3) is 0 Å². The highest BCUT2D eigenvalue weighted by atomic mass is 79.9. The highest BCUT2D eigenvalue weighted by molar-refractivity contribution is 9.10. The number of hydrogen-bond acceptors (Lipinski definition) is 2. The van der Waals surface area contributed by atoms with Crippen LogP contribution in [-0.2, 0) is 0 Å². The van der Waals surface area contributed by atoms with Gasteiger partial charge in [-0.15, -0.1) is 0 Å². The number of hydrogen-bond donors (Lipinski definition) is 1. The monoisotopic (exact) mass is 304 g/mol. The molecule has 1 N–H and O–H groups in total. The van der Waals surface area contributed by atoms with Crippen molar-refractivity contribution in [2.24, 2.45) is 0 Å². The lowest BCUT2D eigenvalue weighted by Gasteiger charge is -2.14. The molecular weight excluding hydrogens is 288 g/mol. The van der Waals surface area contributed by atoms with Crippen LogP contribution in [0.4, 0.5) is 5.69 Å². The highest BCUT2D eigenvalue weighted by Gasteiger charge is 2.05. The number of halogens is 1. The lowest BCUT2D eigenvalue weighted by atomic mass is 9.97. The molecule has 2 nitrogen and oxygen atoms in total. The van der Waals surface area contributed by atoms with E-state index >= 15 is 0 Å². The van der Waals surface area contributed by atoms with Crippen LogP contribution in [0.5, 0.6) is 0 Å². The Hall–Kier alpha value is -1.27. The van der Waals surface area contributed by atoms with Gasteiger partial charge in [0.1, 0.15) is 6.07 Å². The maximum atomic E-state index is 9.04. The van der Waals surface area contributed by atoms with E-state index in [1.165, 1.54) is 25.7 Å². The summed E-state index contributed by atoms with van der Waals surface area (Å²) in [5.74, 6) is 0. The van der Waals surface area contributed by atoms with Gasteiger partial charge in [0.2, 0.25) is 0 Å². The molecule has 0 heterocycles. The predicted molar refractivity (Wildman–Crippen MR) is 78.5 cm³/mol. The van der Waals surface area contributed by atoms with Gasteiger partial charge in [0.05, 0.1) is 11.3 Å². The number of rotatable bonds is 4. The molecule has 0 unspecified atom stereocenters. The Labute approximate surface area is 117 Å². The smallest absolute Gasteiger partial charge is 0.101 e. The summed E-state index contributed by atoms with van der Waals surface area (Å²) in [6.45, 7) is 0.900. The number of benzene rings is 1. The van der Waals surface area contributed by atoms with Crippen LogP contribution in [0, 0.1) is 11.3 Å². The molecule has 18 heavy (non-hydrogen) atoms. The minimum Gasteiger partial charge on any atom is -0.384 e. The van der Waals surface area contributed by atoms with E-state index in [9.17, 15) is 0 Å². The quantitative estimate of drug-likeness (QED) is 0.824. The van der Waals surface area contributed by atoms with Gasteiger partial charge >= 0.3 is 0 Å². The van der Waals surface area contributed by atoms with E-state index in [1.807, 2.05) is 18.2 Å². The van der Waals surface area contributed by atoms with E-state index in [1.54, 1.807) is 5.57 Å². The van der Waals surface area contributed by atoms with E-state index in [-0.39, 0.29) is 0 Å². The summed E-state index contributed by atoms with van der Waals surface area (Å²) in [5, 5.41) is 12.4. The van der Waals surface area contributed by atoms with Crippen molar-refractivity contribution < 1.29 is 0 Å². The molecule has 0 bridgehead atoms. The second-order valence-corrected chi connectivity index (χ2v) is 5.50. The van der Waals surface area contributed by atoms with E-state index in [0.29, 0.717) is 5.56 Å². The molecule has 0 atom stereocenters. The lowest BCUT2D eigenvalue weighted by Crippen LogP contribution is -2.05. The summed E-state index contributed by atoms with van der Waals surface area (Å²) in [6, 6.07) is 7.92. The van der Waals surface area contributed by atoms with Crippen molar-refractivity contribution in [1.82, 2.24) is 0 Å². The molecule has 1 aliphatic rings. The maximum Gasteiger partial charge on any atom is 0.101 e. The normalized spacial score (nSPS) is 14.8. The summed E-state index contributed by atoms with van der Waals surface area (Å²) in [4.78, 5) is 0. The van der Waals surface area contributed by atoms with Crippen LogP contribution >= 0.6 is 15.9 Å². The van der Waals surface area contributed by atoms with Crippen molar-refractivity contribution in [1.29, 1.82) is 5.26 Å². The SMILES string of the molecule is N#Cc1ccc(Br)cc1NCCC1=CCCCC1. The molecule has 1 aliphatic carbocycles. The molecule has 0 radical (unpaired) electrons. The van der Waals surface area contributed by atoms with Gasteiger partial charge in [0.25, 0.3) is 0 Å². The molecule has 1 aromatic rings. The number of nitrogens with zero attached hydrogens (tertiary/aromatic N) is 1. The molecule has 0 amide bonds. The van der Waals surface area contributed by atoms with Gasteiger partial charge in [-0.1, -0.05) is 27.6 Å². The summed E-state index contributed by atoms with van der Waals surface area (Å²) in [6.07, 6.45) is 8.59. The first-order valence-corrected chi connectivity index (χ1v) is 7.20. The van der Waals surface area contributed by atoms with Gasteiger partial charge < -0.3 is 5.32 Å². The third-order valence-electron chi connectivity index (χ3n) is 3.25. The van der Waals surface area contributed by atoms with Crippen molar-refractivity contribution in [3.63, 3.8) is 0 Å². The zero-order chi connectivity index (χ0) is 12.8. The average molecular weight is 305 g/mol. The van der Waals surface area contributed by atoms with Gasteiger partial charge in [-0.3, -0.25) is 0 Å². The molecular formula is C15H17BrN2. The summed E-state index contributed by atoms with van der Waals surface area (Å²) in [7, 11) is 0. The van der Waals surface area contributed by atoms with Crippen molar-refractivity contribution >= 4 is 21.6 Å². The number of allylic oxidation sites excluding steroid dienone is 1. The number of nitriles is 1.